The molecule has 110 valence electrons. The third-order valence-electron chi connectivity index (χ3n) is 2.46. The van der Waals surface area contributed by atoms with E-state index in [9.17, 15) is 22.8 Å². The first-order valence-electron chi connectivity index (χ1n) is 5.80. The zero-order chi connectivity index (χ0) is 14.9. The summed E-state index contributed by atoms with van der Waals surface area (Å²) in [5, 5.41) is 4.25. The van der Waals surface area contributed by atoms with E-state index < -0.39 is 29.3 Å². The monoisotopic (exact) mass is 282 g/mol. The molecule has 5 nitrogen and oxygen atoms in total. The van der Waals surface area contributed by atoms with Crippen LogP contribution in [0.3, 0.4) is 0 Å². The molecule has 0 radical (unpaired) electrons. The summed E-state index contributed by atoms with van der Waals surface area (Å²) in [7, 11) is 0. The van der Waals surface area contributed by atoms with E-state index in [4.69, 9.17) is 4.74 Å². The number of hydrogen-bond acceptors (Lipinski definition) is 3. The molecule has 1 aliphatic rings. The quantitative estimate of drug-likeness (QED) is 0.828. The third kappa shape index (κ3) is 5.35. The van der Waals surface area contributed by atoms with Gasteiger partial charge in [-0.3, -0.25) is 4.79 Å². The molecule has 0 aromatic carbocycles. The largest absolute Gasteiger partial charge is 0.471 e. The predicted molar refractivity (Wildman–Crippen MR) is 60.4 cm³/mol. The van der Waals surface area contributed by atoms with Crippen molar-refractivity contribution in [2.75, 3.05) is 6.54 Å². The molecule has 0 atom stereocenters. The summed E-state index contributed by atoms with van der Waals surface area (Å²) >= 11 is 0. The molecule has 0 bridgehead atoms. The Hall–Kier alpha value is -1.47. The van der Waals surface area contributed by atoms with E-state index in [2.05, 4.69) is 5.32 Å². The van der Waals surface area contributed by atoms with E-state index in [0.29, 0.717) is 12.8 Å². The Morgan fingerprint density at radius 1 is 1.21 bits per heavy atom. The van der Waals surface area contributed by atoms with Crippen molar-refractivity contribution in [3.63, 3.8) is 0 Å². The van der Waals surface area contributed by atoms with Gasteiger partial charge in [0.1, 0.15) is 5.60 Å². The van der Waals surface area contributed by atoms with Crippen molar-refractivity contribution in [3.05, 3.63) is 0 Å². The summed E-state index contributed by atoms with van der Waals surface area (Å²) in [6.45, 7) is 4.93. The van der Waals surface area contributed by atoms with E-state index in [1.165, 1.54) is 0 Å². The summed E-state index contributed by atoms with van der Waals surface area (Å²) in [5.41, 5.74) is -1.68. The number of halogens is 3. The standard InChI is InChI=1S/C11H17F3N2O3/c1-9(2,3)19-8(18)15-6-10(4-5-10)16-7(17)11(12,13)14/h4-6H2,1-3H3,(H,15,18)(H,16,17). The normalized spacial score (nSPS) is 17.6. The Balaban J connectivity index is 2.41. The Kier molecular flexibility index (Phi) is 4.02. The van der Waals surface area contributed by atoms with Gasteiger partial charge in [-0.25, -0.2) is 4.79 Å². The SMILES string of the molecule is CC(C)(C)OC(=O)NCC1(NC(=O)C(F)(F)F)CC1. The zero-order valence-electron chi connectivity index (χ0n) is 11.0. The van der Waals surface area contributed by atoms with Gasteiger partial charge in [-0.15, -0.1) is 0 Å². The lowest BCUT2D eigenvalue weighted by Gasteiger charge is -2.22. The summed E-state index contributed by atoms with van der Waals surface area (Å²) in [4.78, 5) is 22.2. The summed E-state index contributed by atoms with van der Waals surface area (Å²) in [6, 6.07) is 0. The van der Waals surface area contributed by atoms with Crippen LogP contribution in [0.15, 0.2) is 0 Å². The van der Waals surface area contributed by atoms with E-state index in [1.54, 1.807) is 20.8 Å². The van der Waals surface area contributed by atoms with Crippen molar-refractivity contribution < 1.29 is 27.5 Å². The highest BCUT2D eigenvalue weighted by molar-refractivity contribution is 5.83. The second-order valence-electron chi connectivity index (χ2n) is 5.59. The molecule has 19 heavy (non-hydrogen) atoms. The highest BCUT2D eigenvalue weighted by atomic mass is 19.4. The molecule has 0 spiro atoms. The number of ether oxygens (including phenoxy) is 1. The first kappa shape index (κ1) is 15.6. The lowest BCUT2D eigenvalue weighted by Crippen LogP contribution is -2.50. The van der Waals surface area contributed by atoms with Gasteiger partial charge in [0, 0.05) is 6.54 Å². The minimum Gasteiger partial charge on any atom is -0.444 e. The fraction of sp³-hybridized carbons (Fsp3) is 0.818. The van der Waals surface area contributed by atoms with Gasteiger partial charge in [-0.05, 0) is 33.6 Å². The molecule has 1 aliphatic carbocycles. The van der Waals surface area contributed by atoms with E-state index in [-0.39, 0.29) is 6.54 Å². The number of carbonyl (C=O) groups excluding carboxylic acids is 2. The first-order valence-corrected chi connectivity index (χ1v) is 5.80. The molecular weight excluding hydrogens is 265 g/mol. The smallest absolute Gasteiger partial charge is 0.444 e. The van der Waals surface area contributed by atoms with E-state index in [1.807, 2.05) is 5.32 Å². The minimum absolute atomic E-state index is 0.0796. The van der Waals surface area contributed by atoms with Gasteiger partial charge in [-0.1, -0.05) is 0 Å². The van der Waals surface area contributed by atoms with E-state index >= 15 is 0 Å². The molecule has 2 amide bonds. The van der Waals surface area contributed by atoms with Crippen LogP contribution in [0.25, 0.3) is 0 Å². The van der Waals surface area contributed by atoms with Crippen LogP contribution in [0.4, 0.5) is 18.0 Å². The molecule has 0 aromatic heterocycles. The second kappa shape index (κ2) is 4.90. The highest BCUT2D eigenvalue weighted by Crippen LogP contribution is 2.35. The number of alkyl carbamates (subject to hydrolysis) is 1. The average molecular weight is 282 g/mol. The number of nitrogens with one attached hydrogen (secondary N) is 2. The van der Waals surface area contributed by atoms with Crippen LogP contribution in [-0.2, 0) is 9.53 Å². The lowest BCUT2D eigenvalue weighted by molar-refractivity contribution is -0.174. The van der Waals surface area contributed by atoms with Crippen molar-refractivity contribution in [3.8, 4) is 0 Å². The maximum atomic E-state index is 12.1. The van der Waals surface area contributed by atoms with Gasteiger partial charge in [-0.2, -0.15) is 13.2 Å². The van der Waals surface area contributed by atoms with Crippen LogP contribution < -0.4 is 10.6 Å². The minimum atomic E-state index is -4.92. The Morgan fingerprint density at radius 3 is 2.11 bits per heavy atom. The fourth-order valence-electron chi connectivity index (χ4n) is 1.36. The lowest BCUT2D eigenvalue weighted by atomic mass is 10.2. The van der Waals surface area contributed by atoms with Gasteiger partial charge in [0.25, 0.3) is 0 Å². The highest BCUT2D eigenvalue weighted by Gasteiger charge is 2.50. The molecule has 2 N–H and O–H groups in total. The molecule has 1 saturated carbocycles. The third-order valence-corrected chi connectivity index (χ3v) is 2.46. The van der Waals surface area contributed by atoms with Crippen molar-refractivity contribution in [2.24, 2.45) is 0 Å². The molecular formula is C11H17F3N2O3. The Bertz CT molecular complexity index is 370. The van der Waals surface area contributed by atoms with Gasteiger partial charge in [0.15, 0.2) is 0 Å². The van der Waals surface area contributed by atoms with Gasteiger partial charge in [0.2, 0.25) is 0 Å². The number of rotatable bonds is 3. The zero-order valence-corrected chi connectivity index (χ0v) is 11.0. The maximum Gasteiger partial charge on any atom is 0.471 e. The predicted octanol–water partition coefficient (Wildman–Crippen LogP) is 1.72. The molecule has 0 aliphatic heterocycles. The summed E-state index contributed by atoms with van der Waals surface area (Å²) in [5.74, 6) is -1.99. The van der Waals surface area contributed by atoms with Crippen molar-refractivity contribution >= 4 is 12.0 Å². The van der Waals surface area contributed by atoms with Crippen molar-refractivity contribution in [2.45, 2.75) is 50.9 Å². The average Bonchev–Trinajstić information content (AvgIpc) is 2.91. The molecule has 8 heteroatoms. The topological polar surface area (TPSA) is 67.4 Å². The Morgan fingerprint density at radius 2 is 1.74 bits per heavy atom. The number of carbonyl (C=O) groups is 2. The molecule has 1 fully saturated rings. The van der Waals surface area contributed by atoms with Crippen LogP contribution in [0.5, 0.6) is 0 Å². The van der Waals surface area contributed by atoms with Crippen molar-refractivity contribution in [1.29, 1.82) is 0 Å². The van der Waals surface area contributed by atoms with Crippen LogP contribution in [0.2, 0.25) is 0 Å². The fourth-order valence-corrected chi connectivity index (χ4v) is 1.36. The summed E-state index contributed by atoms with van der Waals surface area (Å²) < 4.78 is 41.3. The van der Waals surface area contributed by atoms with Crippen LogP contribution in [0, 0.1) is 0 Å². The van der Waals surface area contributed by atoms with E-state index in [0.717, 1.165) is 0 Å². The second-order valence-corrected chi connectivity index (χ2v) is 5.59. The number of amides is 2. The van der Waals surface area contributed by atoms with Crippen LogP contribution >= 0.6 is 0 Å². The Labute approximate surface area is 108 Å². The molecule has 0 heterocycles. The maximum absolute atomic E-state index is 12.1. The molecule has 0 unspecified atom stereocenters. The van der Waals surface area contributed by atoms with Crippen LogP contribution in [0.1, 0.15) is 33.6 Å². The molecule has 0 aromatic rings. The molecule has 0 saturated heterocycles. The molecule has 1 rings (SSSR count). The first-order chi connectivity index (χ1) is 8.44. The number of alkyl halides is 3. The van der Waals surface area contributed by atoms with Gasteiger partial charge < -0.3 is 15.4 Å². The number of hydrogen-bond donors (Lipinski definition) is 2. The van der Waals surface area contributed by atoms with Gasteiger partial charge >= 0.3 is 18.2 Å². The van der Waals surface area contributed by atoms with Crippen molar-refractivity contribution in [1.82, 2.24) is 10.6 Å². The van der Waals surface area contributed by atoms with Crippen LogP contribution in [-0.4, -0.2) is 35.9 Å². The summed E-state index contributed by atoms with van der Waals surface area (Å²) in [6.07, 6.45) is -4.85. The van der Waals surface area contributed by atoms with Gasteiger partial charge in [0.05, 0.1) is 5.54 Å².